The Balaban J connectivity index is 4.32. The average Bonchev–Trinajstić information content (AvgIpc) is 3.08. The van der Waals surface area contributed by atoms with Crippen LogP contribution in [-0.4, -0.2) is 49.3 Å². The van der Waals surface area contributed by atoms with E-state index in [1.807, 2.05) is 6.08 Å². The molecule has 49 heavy (non-hydrogen) atoms. The zero-order valence-corrected chi connectivity index (χ0v) is 31.8. The molecule has 284 valence electrons. The third-order valence-electron chi connectivity index (χ3n) is 7.72. The number of carbonyl (C=O) groups excluding carboxylic acids is 2. The van der Waals surface area contributed by atoms with Crippen LogP contribution in [0.1, 0.15) is 155 Å². The Morgan fingerprint density at radius 3 is 1.63 bits per heavy atom. The number of phosphoric acid groups is 1. The second-order valence-corrected chi connectivity index (χ2v) is 13.9. The number of allylic oxidation sites excluding steroid dienone is 8. The summed E-state index contributed by atoms with van der Waals surface area (Å²) in [7, 11) is -4.38. The summed E-state index contributed by atoms with van der Waals surface area (Å²) >= 11 is 0. The van der Waals surface area contributed by atoms with Gasteiger partial charge in [0.25, 0.3) is 0 Å². The van der Waals surface area contributed by atoms with E-state index in [9.17, 15) is 19.0 Å². The predicted octanol–water partition coefficient (Wildman–Crippen LogP) is 10.4. The van der Waals surface area contributed by atoms with E-state index in [1.54, 1.807) is 0 Å². The fraction of sp³-hybridized carbons (Fsp3) is 0.744. The van der Waals surface area contributed by atoms with Crippen LogP contribution in [0, 0.1) is 0 Å². The van der Waals surface area contributed by atoms with Crippen LogP contribution in [0.4, 0.5) is 0 Å². The van der Waals surface area contributed by atoms with E-state index in [0.717, 1.165) is 44.9 Å². The summed E-state index contributed by atoms with van der Waals surface area (Å²) in [5, 5.41) is 0. The van der Waals surface area contributed by atoms with Crippen molar-refractivity contribution in [3.8, 4) is 0 Å². The Kier molecular flexibility index (Phi) is 34.3. The van der Waals surface area contributed by atoms with E-state index >= 15 is 0 Å². The molecule has 0 aliphatic rings. The highest BCUT2D eigenvalue weighted by Gasteiger charge is 2.25. The molecular weight excluding hydrogens is 641 g/mol. The van der Waals surface area contributed by atoms with Gasteiger partial charge in [-0.05, 0) is 51.4 Å². The van der Waals surface area contributed by atoms with E-state index in [1.165, 1.54) is 70.6 Å². The molecule has 0 bridgehead atoms. The summed E-state index contributed by atoms with van der Waals surface area (Å²) in [6, 6.07) is 0. The first-order valence-electron chi connectivity index (χ1n) is 19.1. The largest absolute Gasteiger partial charge is 0.472 e. The fourth-order valence-electron chi connectivity index (χ4n) is 4.86. The Morgan fingerprint density at radius 2 is 1.08 bits per heavy atom. The fourth-order valence-corrected chi connectivity index (χ4v) is 5.63. The van der Waals surface area contributed by atoms with Crippen LogP contribution in [0.3, 0.4) is 0 Å². The Bertz CT molecular complexity index is 949. The van der Waals surface area contributed by atoms with E-state index in [2.05, 4.69) is 56.4 Å². The van der Waals surface area contributed by atoms with Crippen molar-refractivity contribution in [3.63, 3.8) is 0 Å². The van der Waals surface area contributed by atoms with Crippen LogP contribution in [0.5, 0.6) is 0 Å². The molecule has 0 aromatic carbocycles. The zero-order chi connectivity index (χ0) is 36.1. The molecule has 1 unspecified atom stereocenters. The van der Waals surface area contributed by atoms with Crippen molar-refractivity contribution >= 4 is 19.8 Å². The van der Waals surface area contributed by atoms with E-state index in [-0.39, 0.29) is 32.6 Å². The van der Waals surface area contributed by atoms with Gasteiger partial charge in [0.1, 0.15) is 6.61 Å². The van der Waals surface area contributed by atoms with Gasteiger partial charge in [-0.1, -0.05) is 140 Å². The quantitative estimate of drug-likeness (QED) is 0.0285. The second-order valence-electron chi connectivity index (χ2n) is 12.4. The highest BCUT2D eigenvalue weighted by Crippen LogP contribution is 2.43. The minimum Gasteiger partial charge on any atom is -0.462 e. The lowest BCUT2D eigenvalue weighted by Crippen LogP contribution is -2.29. The average molecular weight is 712 g/mol. The number of hydrogen-bond acceptors (Lipinski definition) is 8. The summed E-state index contributed by atoms with van der Waals surface area (Å²) in [5.41, 5.74) is 5.32. The van der Waals surface area contributed by atoms with Gasteiger partial charge in [0.15, 0.2) is 6.10 Å². The maximum absolute atomic E-state index is 12.5. The lowest BCUT2D eigenvalue weighted by molar-refractivity contribution is -0.161. The molecule has 0 fully saturated rings. The van der Waals surface area contributed by atoms with Crippen molar-refractivity contribution < 1.29 is 37.6 Å². The molecule has 0 spiro atoms. The molecule has 0 rings (SSSR count). The summed E-state index contributed by atoms with van der Waals surface area (Å²) < 4.78 is 32.6. The van der Waals surface area contributed by atoms with Crippen LogP contribution in [-0.2, 0) is 32.7 Å². The summed E-state index contributed by atoms with van der Waals surface area (Å²) in [4.78, 5) is 34.6. The lowest BCUT2D eigenvalue weighted by Gasteiger charge is -2.19. The maximum atomic E-state index is 12.5. The molecule has 0 radical (unpaired) electrons. The van der Waals surface area contributed by atoms with Gasteiger partial charge in [0, 0.05) is 19.4 Å². The van der Waals surface area contributed by atoms with Crippen LogP contribution >= 0.6 is 7.82 Å². The smallest absolute Gasteiger partial charge is 0.462 e. The number of nitrogens with two attached hydrogens (primary N) is 1. The summed E-state index contributed by atoms with van der Waals surface area (Å²) in [6.45, 7) is 3.61. The Hall–Kier alpha value is -2.03. The monoisotopic (exact) mass is 711 g/mol. The molecule has 0 saturated heterocycles. The number of hydrogen-bond donors (Lipinski definition) is 2. The van der Waals surface area contributed by atoms with Crippen molar-refractivity contribution in [3.05, 3.63) is 48.6 Å². The van der Waals surface area contributed by atoms with Crippen molar-refractivity contribution in [2.45, 2.75) is 161 Å². The normalized spacial score (nSPS) is 14.0. The van der Waals surface area contributed by atoms with Crippen LogP contribution in [0.15, 0.2) is 48.6 Å². The molecule has 0 aromatic heterocycles. The van der Waals surface area contributed by atoms with Crippen molar-refractivity contribution in [2.24, 2.45) is 5.73 Å². The van der Waals surface area contributed by atoms with Gasteiger partial charge in [-0.3, -0.25) is 18.6 Å². The van der Waals surface area contributed by atoms with Crippen molar-refractivity contribution in [1.29, 1.82) is 0 Å². The SMILES string of the molecule is CCCCC/C=C/C/C=C/C/C=C/C/C=C/CCCC(=O)OC[C@@H](COP(=O)(O)OCCN)OC(=O)CCCCCCCCCCCCC. The maximum Gasteiger partial charge on any atom is 0.472 e. The second kappa shape index (κ2) is 35.8. The number of esters is 2. The molecule has 0 amide bonds. The Morgan fingerprint density at radius 1 is 0.612 bits per heavy atom. The third-order valence-corrected chi connectivity index (χ3v) is 8.70. The first-order valence-corrected chi connectivity index (χ1v) is 20.6. The number of carbonyl (C=O) groups is 2. The molecule has 0 aromatic rings. The van der Waals surface area contributed by atoms with Gasteiger partial charge in [0.05, 0.1) is 13.2 Å². The van der Waals surface area contributed by atoms with E-state index in [4.69, 9.17) is 24.3 Å². The minimum atomic E-state index is -4.38. The van der Waals surface area contributed by atoms with Crippen molar-refractivity contribution in [1.82, 2.24) is 0 Å². The number of phosphoric ester groups is 1. The van der Waals surface area contributed by atoms with Gasteiger partial charge in [-0.25, -0.2) is 4.57 Å². The lowest BCUT2D eigenvalue weighted by atomic mass is 10.1. The topological polar surface area (TPSA) is 134 Å². The number of unbranched alkanes of at least 4 members (excludes halogenated alkanes) is 14. The summed E-state index contributed by atoms with van der Waals surface area (Å²) in [6.07, 6.45) is 38.6. The first kappa shape index (κ1) is 47.0. The van der Waals surface area contributed by atoms with E-state index < -0.39 is 32.5 Å². The molecule has 0 saturated carbocycles. The Labute approximate surface area is 298 Å². The van der Waals surface area contributed by atoms with Crippen LogP contribution in [0.2, 0.25) is 0 Å². The molecule has 3 N–H and O–H groups in total. The van der Waals surface area contributed by atoms with Crippen molar-refractivity contribution in [2.75, 3.05) is 26.4 Å². The van der Waals surface area contributed by atoms with Gasteiger partial charge < -0.3 is 20.1 Å². The number of ether oxygens (including phenoxy) is 2. The molecule has 0 heterocycles. The predicted molar refractivity (Wildman–Crippen MR) is 201 cm³/mol. The molecule has 9 nitrogen and oxygen atoms in total. The highest BCUT2D eigenvalue weighted by atomic mass is 31.2. The molecule has 0 aliphatic heterocycles. The standard InChI is InChI=1S/C39H70NO8P/c1-3-5-7-9-11-13-15-16-17-18-19-20-22-23-25-27-29-31-38(41)45-35-37(36-47-49(43,44)46-34-33-40)48-39(42)32-30-28-26-24-21-14-12-10-8-6-4-2/h11,13,16-17,19-20,23,25,37H,3-10,12,14-15,18,21-22,24,26-36,40H2,1-2H3,(H,43,44)/b13-11+,17-16+,20-19+,25-23+/t37-/m0/s1. The van der Waals surface area contributed by atoms with Gasteiger partial charge in [0.2, 0.25) is 0 Å². The summed E-state index contributed by atoms with van der Waals surface area (Å²) in [5.74, 6) is -0.898. The van der Waals surface area contributed by atoms with Gasteiger partial charge >= 0.3 is 19.8 Å². The van der Waals surface area contributed by atoms with Gasteiger partial charge in [-0.15, -0.1) is 0 Å². The molecule has 2 atom stereocenters. The van der Waals surface area contributed by atoms with E-state index in [0.29, 0.717) is 12.8 Å². The first-order chi connectivity index (χ1) is 23.8. The highest BCUT2D eigenvalue weighted by molar-refractivity contribution is 7.47. The molecule has 10 heteroatoms. The van der Waals surface area contributed by atoms with Gasteiger partial charge in [-0.2, -0.15) is 0 Å². The third kappa shape index (κ3) is 35.6. The van der Waals surface area contributed by atoms with Crippen LogP contribution in [0.25, 0.3) is 0 Å². The molecule has 0 aliphatic carbocycles. The number of rotatable bonds is 35. The zero-order valence-electron chi connectivity index (χ0n) is 30.9. The van der Waals surface area contributed by atoms with Crippen LogP contribution < -0.4 is 5.73 Å². The molecular formula is C39H70NO8P. The minimum absolute atomic E-state index is 0.0456.